The van der Waals surface area contributed by atoms with Crippen molar-refractivity contribution in [2.45, 2.75) is 91.5 Å². The Bertz CT molecular complexity index is 2010. The fourth-order valence-corrected chi connectivity index (χ4v) is 6.90. The zero-order valence-electron chi connectivity index (χ0n) is 32.0. The van der Waals surface area contributed by atoms with E-state index in [-0.39, 0.29) is 18.1 Å². The second-order valence-corrected chi connectivity index (χ2v) is 15.3. The van der Waals surface area contributed by atoms with Crippen molar-refractivity contribution in [3.8, 4) is 5.75 Å². The van der Waals surface area contributed by atoms with Gasteiger partial charge in [0.05, 0.1) is 35.6 Å². The molecule has 1 amide bonds. The van der Waals surface area contributed by atoms with E-state index in [1.165, 1.54) is 52.1 Å². The van der Waals surface area contributed by atoms with Gasteiger partial charge in [-0.15, -0.1) is 0 Å². The number of benzene rings is 3. The second-order valence-electron chi connectivity index (χ2n) is 13.4. The average molecular weight is 745 g/mol. The number of ether oxygens (including phenoxy) is 1. The summed E-state index contributed by atoms with van der Waals surface area (Å²) >= 11 is 0. The largest absolute Gasteiger partial charge is 0.495 e. The van der Waals surface area contributed by atoms with Crippen molar-refractivity contribution in [3.05, 3.63) is 88.5 Å². The first kappa shape index (κ1) is 41.2. The van der Waals surface area contributed by atoms with Crippen LogP contribution in [0.25, 0.3) is 10.9 Å². The number of rotatable bonds is 22. The normalized spacial score (nSPS) is 11.9. The van der Waals surface area contributed by atoms with Crippen LogP contribution in [0, 0.1) is 6.92 Å². The van der Waals surface area contributed by atoms with Crippen molar-refractivity contribution in [1.82, 2.24) is 14.3 Å². The Morgan fingerprint density at radius 3 is 2.23 bits per heavy atom. The number of hydrogen-bond acceptors (Lipinski definition) is 8. The van der Waals surface area contributed by atoms with E-state index in [2.05, 4.69) is 26.8 Å². The standard InChI is InChI=1S/C41H56N6O5S/c1-6-8-9-10-11-12-13-14-15-20-28-47-36-23-18-16-21-33(36)40(48)45-39(47)38(41(49)44-35-22-17-19-24-37(35)52-4)43-34-26-25-32(30-31(34)3)46(7-2)29-27-42-53(5,50)51/h16-19,21-26,30,42H,6-15,20,27-29H2,1-5H3,(H,44,49). The van der Waals surface area contributed by atoms with Crippen molar-refractivity contribution < 1.29 is 17.9 Å². The van der Waals surface area contributed by atoms with Crippen molar-refractivity contribution in [3.63, 3.8) is 0 Å². The van der Waals surface area contributed by atoms with Gasteiger partial charge in [-0.2, -0.15) is 4.98 Å². The van der Waals surface area contributed by atoms with E-state index in [0.717, 1.165) is 36.8 Å². The summed E-state index contributed by atoms with van der Waals surface area (Å²) in [5.74, 6) is 0.154. The first-order valence-corrected chi connectivity index (χ1v) is 20.8. The van der Waals surface area contributed by atoms with Gasteiger partial charge in [-0.3, -0.25) is 9.59 Å². The molecule has 1 aromatic heterocycles. The van der Waals surface area contributed by atoms with Crippen LogP contribution in [0.15, 0.2) is 76.5 Å². The first-order chi connectivity index (χ1) is 25.6. The molecule has 4 rings (SSSR count). The van der Waals surface area contributed by atoms with Gasteiger partial charge in [-0.1, -0.05) is 89.0 Å². The molecular formula is C41H56N6O5S. The average Bonchev–Trinajstić information content (AvgIpc) is 3.14. The molecule has 286 valence electrons. The summed E-state index contributed by atoms with van der Waals surface area (Å²) < 4.78 is 33.3. The molecule has 2 N–H and O–H groups in total. The van der Waals surface area contributed by atoms with Crippen LogP contribution in [-0.4, -0.2) is 62.6 Å². The van der Waals surface area contributed by atoms with Gasteiger partial charge < -0.3 is 19.5 Å². The lowest BCUT2D eigenvalue weighted by Crippen LogP contribution is -2.34. The quantitative estimate of drug-likeness (QED) is 0.0620. The number of fused-ring (bicyclic) bond motifs is 1. The number of aliphatic imine (C=N–C) groups is 1. The Kier molecular flexibility index (Phi) is 16.0. The highest BCUT2D eigenvalue weighted by molar-refractivity contribution is 7.88. The molecule has 3 aromatic carbocycles. The van der Waals surface area contributed by atoms with Gasteiger partial charge in [0.2, 0.25) is 10.0 Å². The summed E-state index contributed by atoms with van der Waals surface area (Å²) in [5.41, 5.74) is 2.96. The predicted molar refractivity (Wildman–Crippen MR) is 218 cm³/mol. The molecule has 11 nitrogen and oxygen atoms in total. The molecule has 4 aromatic rings. The van der Waals surface area contributed by atoms with E-state index >= 15 is 0 Å². The number of sulfonamides is 1. The Morgan fingerprint density at radius 2 is 1.57 bits per heavy atom. The van der Waals surface area contributed by atoms with Gasteiger partial charge in [0.1, 0.15) is 5.75 Å². The molecule has 0 saturated carbocycles. The number of hydrogen-bond donors (Lipinski definition) is 2. The number of nitrogens with zero attached hydrogens (tertiary/aromatic N) is 4. The summed E-state index contributed by atoms with van der Waals surface area (Å²) in [6.45, 7) is 8.11. The number of anilines is 2. The maximum absolute atomic E-state index is 14.3. The minimum atomic E-state index is -3.31. The number of nitrogens with one attached hydrogen (secondary N) is 2. The molecule has 0 saturated heterocycles. The highest BCUT2D eigenvalue weighted by Gasteiger charge is 2.24. The molecule has 0 aliphatic rings. The number of methoxy groups -OCH3 is 1. The third kappa shape index (κ3) is 12.3. The summed E-state index contributed by atoms with van der Waals surface area (Å²) in [7, 11) is -1.77. The maximum Gasteiger partial charge on any atom is 0.281 e. The van der Waals surface area contributed by atoms with Crippen LogP contribution in [-0.2, 0) is 21.4 Å². The molecule has 0 fully saturated rings. The molecule has 0 spiro atoms. The Labute approximate surface area is 314 Å². The first-order valence-electron chi connectivity index (χ1n) is 18.9. The predicted octanol–water partition coefficient (Wildman–Crippen LogP) is 7.77. The SMILES string of the molecule is CCCCCCCCCCCCn1c(C(=Nc2ccc(N(CC)CCNS(C)(=O)=O)cc2C)C(=O)Nc2ccccc2OC)nc(=O)c2ccccc21. The monoisotopic (exact) mass is 744 g/mol. The number of unbranched alkanes of at least 4 members (excludes halogenated alkanes) is 9. The molecule has 1 heterocycles. The van der Waals surface area contributed by atoms with Crippen LogP contribution in [0.2, 0.25) is 0 Å². The zero-order valence-corrected chi connectivity index (χ0v) is 32.8. The molecule has 0 radical (unpaired) electrons. The Balaban J connectivity index is 1.71. The number of carbonyl (C=O) groups excluding carboxylic acids is 1. The van der Waals surface area contributed by atoms with E-state index in [1.54, 1.807) is 24.3 Å². The highest BCUT2D eigenvalue weighted by atomic mass is 32.2. The molecule has 12 heteroatoms. The van der Waals surface area contributed by atoms with Crippen LogP contribution in [0.5, 0.6) is 5.75 Å². The lowest BCUT2D eigenvalue weighted by atomic mass is 10.1. The van der Waals surface area contributed by atoms with Gasteiger partial charge in [-0.05, 0) is 68.3 Å². The van der Waals surface area contributed by atoms with Crippen molar-refractivity contribution >= 4 is 49.6 Å². The topological polar surface area (TPSA) is 135 Å². The molecule has 0 aliphatic heterocycles. The second kappa shape index (κ2) is 20.6. The molecule has 0 bridgehead atoms. The van der Waals surface area contributed by atoms with Gasteiger partial charge in [0.25, 0.3) is 11.5 Å². The summed E-state index contributed by atoms with van der Waals surface area (Å²) in [6.07, 6.45) is 13.0. The van der Waals surface area contributed by atoms with E-state index in [9.17, 15) is 18.0 Å². The smallest absolute Gasteiger partial charge is 0.281 e. The molecule has 0 atom stereocenters. The van der Waals surface area contributed by atoms with Gasteiger partial charge in [0, 0.05) is 31.9 Å². The fraction of sp³-hybridized carbons (Fsp3) is 0.463. The molecule has 0 aliphatic carbocycles. The van der Waals surface area contributed by atoms with Crippen LogP contribution >= 0.6 is 0 Å². The van der Waals surface area contributed by atoms with E-state index in [1.807, 2.05) is 60.9 Å². The number of amides is 1. The number of carbonyl (C=O) groups is 1. The number of aryl methyl sites for hydroxylation is 2. The molecular weight excluding hydrogens is 689 g/mol. The van der Waals surface area contributed by atoms with Crippen molar-refractivity contribution in [2.24, 2.45) is 4.99 Å². The maximum atomic E-state index is 14.3. The Hall–Kier alpha value is -4.55. The van der Waals surface area contributed by atoms with Crippen LogP contribution in [0.4, 0.5) is 17.1 Å². The van der Waals surface area contributed by atoms with E-state index in [4.69, 9.17) is 9.73 Å². The minimum absolute atomic E-state index is 0.00592. The number of aromatic nitrogens is 2. The summed E-state index contributed by atoms with van der Waals surface area (Å²) in [6, 6.07) is 20.2. The third-order valence-corrected chi connectivity index (χ3v) is 10.0. The van der Waals surface area contributed by atoms with Gasteiger partial charge >= 0.3 is 0 Å². The Morgan fingerprint density at radius 1 is 0.906 bits per heavy atom. The summed E-state index contributed by atoms with van der Waals surface area (Å²) in [5, 5.41) is 3.45. The van der Waals surface area contributed by atoms with Gasteiger partial charge in [-0.25, -0.2) is 18.1 Å². The highest BCUT2D eigenvalue weighted by Crippen LogP contribution is 2.28. The van der Waals surface area contributed by atoms with E-state index in [0.29, 0.717) is 47.7 Å². The van der Waals surface area contributed by atoms with Crippen LogP contribution in [0.3, 0.4) is 0 Å². The molecule has 0 unspecified atom stereocenters. The van der Waals surface area contributed by atoms with Crippen LogP contribution in [0.1, 0.15) is 89.4 Å². The molecule has 53 heavy (non-hydrogen) atoms. The van der Waals surface area contributed by atoms with Crippen molar-refractivity contribution in [1.29, 1.82) is 0 Å². The fourth-order valence-electron chi connectivity index (χ4n) is 6.43. The number of likely N-dealkylation sites (N-methyl/N-ethyl adjacent to an activating group) is 1. The van der Waals surface area contributed by atoms with Crippen LogP contribution < -0.4 is 25.2 Å². The zero-order chi connectivity index (χ0) is 38.2. The minimum Gasteiger partial charge on any atom is -0.495 e. The summed E-state index contributed by atoms with van der Waals surface area (Å²) in [4.78, 5) is 39.4. The third-order valence-electron chi connectivity index (χ3n) is 9.31. The lowest BCUT2D eigenvalue weighted by Gasteiger charge is -2.24. The van der Waals surface area contributed by atoms with E-state index < -0.39 is 21.5 Å². The number of para-hydroxylation sites is 3. The van der Waals surface area contributed by atoms with Crippen molar-refractivity contribution in [2.75, 3.05) is 43.2 Å². The lowest BCUT2D eigenvalue weighted by molar-refractivity contribution is -0.110. The van der Waals surface area contributed by atoms with Gasteiger partial charge in [0.15, 0.2) is 11.5 Å².